The number of likely N-dealkylation sites (tertiary alicyclic amines) is 1. The van der Waals surface area contributed by atoms with E-state index in [2.05, 4.69) is 5.32 Å². The highest BCUT2D eigenvalue weighted by atomic mass is 16.5. The zero-order chi connectivity index (χ0) is 15.2. The molecule has 0 bridgehead atoms. The van der Waals surface area contributed by atoms with Gasteiger partial charge in [-0.05, 0) is 33.6 Å². The van der Waals surface area contributed by atoms with Crippen LogP contribution in [-0.2, 0) is 19.1 Å². The van der Waals surface area contributed by atoms with Crippen LogP contribution in [0.4, 0.5) is 0 Å². The van der Waals surface area contributed by atoms with Crippen LogP contribution in [0.3, 0.4) is 0 Å². The van der Waals surface area contributed by atoms with Crippen molar-refractivity contribution in [2.45, 2.75) is 45.3 Å². The summed E-state index contributed by atoms with van der Waals surface area (Å²) >= 11 is 0. The first-order chi connectivity index (χ1) is 9.31. The summed E-state index contributed by atoms with van der Waals surface area (Å²) in [4.78, 5) is 25.1. The van der Waals surface area contributed by atoms with E-state index in [1.165, 1.54) is 7.11 Å². The molecule has 0 radical (unpaired) electrons. The number of nitrogens with one attached hydrogen (secondary N) is 1. The molecule has 1 fully saturated rings. The van der Waals surface area contributed by atoms with E-state index in [9.17, 15) is 9.59 Å². The first-order valence-corrected chi connectivity index (χ1v) is 7.02. The van der Waals surface area contributed by atoms with E-state index in [1.807, 2.05) is 20.8 Å². The lowest BCUT2D eigenvalue weighted by Crippen LogP contribution is -2.48. The Balaban J connectivity index is 2.25. The van der Waals surface area contributed by atoms with E-state index in [0.29, 0.717) is 13.1 Å². The van der Waals surface area contributed by atoms with Gasteiger partial charge in [-0.3, -0.25) is 9.59 Å². The number of methoxy groups -OCH3 is 1. The third-order valence-electron chi connectivity index (χ3n) is 3.12. The van der Waals surface area contributed by atoms with E-state index in [4.69, 9.17) is 9.47 Å². The van der Waals surface area contributed by atoms with Crippen molar-refractivity contribution in [3.05, 3.63) is 0 Å². The Kier molecular flexibility index (Phi) is 6.42. The number of rotatable bonds is 5. The predicted molar refractivity (Wildman–Crippen MR) is 75.3 cm³/mol. The zero-order valence-electron chi connectivity index (χ0n) is 12.9. The Bertz CT molecular complexity index is 331. The predicted octanol–water partition coefficient (Wildman–Crippen LogP) is 0.555. The molecule has 0 aromatic heterocycles. The van der Waals surface area contributed by atoms with E-state index < -0.39 is 0 Å². The number of hydrogen-bond donors (Lipinski definition) is 1. The van der Waals surface area contributed by atoms with Gasteiger partial charge in [0.05, 0.1) is 5.60 Å². The van der Waals surface area contributed by atoms with Crippen molar-refractivity contribution < 1.29 is 19.1 Å². The fraction of sp³-hybridized carbons (Fsp3) is 0.857. The van der Waals surface area contributed by atoms with Crippen molar-refractivity contribution in [2.75, 3.05) is 33.4 Å². The van der Waals surface area contributed by atoms with Crippen molar-refractivity contribution in [1.29, 1.82) is 0 Å². The second kappa shape index (κ2) is 7.59. The van der Waals surface area contributed by atoms with Gasteiger partial charge in [-0.15, -0.1) is 0 Å². The normalized spacial score (nSPS) is 17.1. The van der Waals surface area contributed by atoms with Gasteiger partial charge in [0.1, 0.15) is 13.2 Å². The van der Waals surface area contributed by atoms with E-state index in [1.54, 1.807) is 4.90 Å². The van der Waals surface area contributed by atoms with Crippen molar-refractivity contribution in [3.8, 4) is 0 Å². The summed E-state index contributed by atoms with van der Waals surface area (Å²) in [6.07, 6.45) is 1.55. The van der Waals surface area contributed by atoms with Gasteiger partial charge < -0.3 is 19.7 Å². The van der Waals surface area contributed by atoms with Gasteiger partial charge in [0, 0.05) is 26.2 Å². The third-order valence-corrected chi connectivity index (χ3v) is 3.12. The molecule has 0 aromatic carbocycles. The molecule has 0 aromatic rings. The second-order valence-corrected chi connectivity index (χ2v) is 6.06. The van der Waals surface area contributed by atoms with Crippen LogP contribution in [0.2, 0.25) is 0 Å². The van der Waals surface area contributed by atoms with Gasteiger partial charge in [0.15, 0.2) is 0 Å². The molecule has 1 rings (SSSR count). The maximum atomic E-state index is 11.7. The summed E-state index contributed by atoms with van der Waals surface area (Å²) in [5.41, 5.74) is -0.312. The molecular weight excluding hydrogens is 260 g/mol. The Hall–Kier alpha value is -1.14. The standard InChI is InChI=1S/C14H26N2O4/c1-14(2,3)20-9-12(17)15-11-5-7-16(8-6-11)13(18)10-19-4/h11H,5-10H2,1-4H3,(H,15,17). The van der Waals surface area contributed by atoms with E-state index >= 15 is 0 Å². The van der Waals surface area contributed by atoms with E-state index in [0.717, 1.165) is 12.8 Å². The Morgan fingerprint density at radius 1 is 1.20 bits per heavy atom. The average molecular weight is 286 g/mol. The fourth-order valence-corrected chi connectivity index (χ4v) is 2.04. The Labute approximate surface area is 120 Å². The smallest absolute Gasteiger partial charge is 0.248 e. The third kappa shape index (κ3) is 6.34. The van der Waals surface area contributed by atoms with Crippen LogP contribution in [0.1, 0.15) is 33.6 Å². The van der Waals surface area contributed by atoms with Crippen LogP contribution >= 0.6 is 0 Å². The molecule has 2 amide bonds. The molecule has 6 heteroatoms. The first-order valence-electron chi connectivity index (χ1n) is 7.02. The number of ether oxygens (including phenoxy) is 2. The van der Waals surface area contributed by atoms with Gasteiger partial charge in [-0.25, -0.2) is 0 Å². The molecule has 6 nitrogen and oxygen atoms in total. The summed E-state index contributed by atoms with van der Waals surface area (Å²) in [5.74, 6) is -0.0880. The molecular formula is C14H26N2O4. The molecule has 0 spiro atoms. The lowest BCUT2D eigenvalue weighted by atomic mass is 10.1. The summed E-state index contributed by atoms with van der Waals surface area (Å²) in [7, 11) is 1.51. The molecule has 116 valence electrons. The molecule has 1 heterocycles. The van der Waals surface area contributed by atoms with E-state index in [-0.39, 0.29) is 36.7 Å². The molecule has 0 aliphatic carbocycles. The summed E-state index contributed by atoms with van der Waals surface area (Å²) < 4.78 is 10.3. The van der Waals surface area contributed by atoms with Crippen molar-refractivity contribution in [3.63, 3.8) is 0 Å². The maximum absolute atomic E-state index is 11.7. The van der Waals surface area contributed by atoms with Crippen LogP contribution < -0.4 is 5.32 Å². The minimum absolute atomic E-state index is 0.00772. The van der Waals surface area contributed by atoms with Crippen molar-refractivity contribution in [1.82, 2.24) is 10.2 Å². The summed E-state index contributed by atoms with van der Waals surface area (Å²) in [6.45, 7) is 7.27. The van der Waals surface area contributed by atoms with Gasteiger partial charge in [0.2, 0.25) is 11.8 Å². The van der Waals surface area contributed by atoms with Crippen LogP contribution in [-0.4, -0.2) is 61.8 Å². The topological polar surface area (TPSA) is 67.9 Å². The first kappa shape index (κ1) is 16.9. The minimum atomic E-state index is -0.312. The number of piperidine rings is 1. The molecule has 20 heavy (non-hydrogen) atoms. The lowest BCUT2D eigenvalue weighted by molar-refractivity contribution is -0.136. The molecule has 0 saturated carbocycles. The highest BCUT2D eigenvalue weighted by molar-refractivity contribution is 5.78. The monoisotopic (exact) mass is 286 g/mol. The number of carbonyl (C=O) groups is 2. The molecule has 1 aliphatic heterocycles. The lowest BCUT2D eigenvalue weighted by Gasteiger charge is -2.32. The largest absolute Gasteiger partial charge is 0.375 e. The number of hydrogen-bond acceptors (Lipinski definition) is 4. The van der Waals surface area contributed by atoms with Crippen molar-refractivity contribution in [2.24, 2.45) is 0 Å². The second-order valence-electron chi connectivity index (χ2n) is 6.06. The molecule has 1 aliphatic rings. The van der Waals surface area contributed by atoms with Gasteiger partial charge in [-0.1, -0.05) is 0 Å². The van der Waals surface area contributed by atoms with Crippen LogP contribution in [0.15, 0.2) is 0 Å². The zero-order valence-corrected chi connectivity index (χ0v) is 12.9. The Morgan fingerprint density at radius 3 is 2.30 bits per heavy atom. The maximum Gasteiger partial charge on any atom is 0.248 e. The van der Waals surface area contributed by atoms with Gasteiger partial charge in [0.25, 0.3) is 0 Å². The number of carbonyl (C=O) groups excluding carboxylic acids is 2. The highest BCUT2D eigenvalue weighted by Gasteiger charge is 2.24. The SMILES string of the molecule is COCC(=O)N1CCC(NC(=O)COC(C)(C)C)CC1. The fourth-order valence-electron chi connectivity index (χ4n) is 2.04. The van der Waals surface area contributed by atoms with Gasteiger partial charge in [-0.2, -0.15) is 0 Å². The minimum Gasteiger partial charge on any atom is -0.375 e. The quantitative estimate of drug-likeness (QED) is 0.801. The van der Waals surface area contributed by atoms with Crippen LogP contribution in [0.5, 0.6) is 0 Å². The van der Waals surface area contributed by atoms with Crippen LogP contribution in [0.25, 0.3) is 0 Å². The van der Waals surface area contributed by atoms with Crippen molar-refractivity contribution >= 4 is 11.8 Å². The molecule has 0 unspecified atom stereocenters. The Morgan fingerprint density at radius 2 is 1.80 bits per heavy atom. The molecule has 0 atom stereocenters. The van der Waals surface area contributed by atoms with Crippen LogP contribution in [0, 0.1) is 0 Å². The number of nitrogens with zero attached hydrogens (tertiary/aromatic N) is 1. The number of amides is 2. The molecule has 1 N–H and O–H groups in total. The summed E-state index contributed by atoms with van der Waals surface area (Å²) in [6, 6.07) is 0.123. The molecule has 1 saturated heterocycles. The average Bonchev–Trinajstić information content (AvgIpc) is 2.37. The van der Waals surface area contributed by atoms with Gasteiger partial charge >= 0.3 is 0 Å². The summed E-state index contributed by atoms with van der Waals surface area (Å²) in [5, 5.41) is 2.95. The highest BCUT2D eigenvalue weighted by Crippen LogP contribution is 2.11.